The van der Waals surface area contributed by atoms with E-state index < -0.39 is 6.10 Å². The van der Waals surface area contributed by atoms with E-state index in [9.17, 15) is 5.11 Å². The predicted molar refractivity (Wildman–Crippen MR) is 78.4 cm³/mol. The summed E-state index contributed by atoms with van der Waals surface area (Å²) in [6.07, 6.45) is 1.33. The van der Waals surface area contributed by atoms with Crippen molar-refractivity contribution >= 4 is 22.9 Å². The molecule has 1 aromatic heterocycles. The predicted octanol–water partition coefficient (Wildman–Crippen LogP) is 4.12. The van der Waals surface area contributed by atoms with E-state index in [4.69, 9.17) is 16.3 Å². The third kappa shape index (κ3) is 2.27. The second kappa shape index (κ2) is 5.16. The van der Waals surface area contributed by atoms with Gasteiger partial charge in [-0.15, -0.1) is 11.3 Å². The van der Waals surface area contributed by atoms with Crippen molar-refractivity contribution < 1.29 is 9.84 Å². The van der Waals surface area contributed by atoms with Gasteiger partial charge in [0.05, 0.1) is 16.5 Å². The number of ether oxygens (including phenoxy) is 1. The molecular formula is C15H15ClO2S. The quantitative estimate of drug-likeness (QED) is 0.903. The SMILES string of the molecule is Cc1csc(C(O)c2cccc3c2OCCC3)c1Cl. The fourth-order valence-corrected chi connectivity index (χ4v) is 3.70. The lowest BCUT2D eigenvalue weighted by atomic mass is 9.98. The lowest BCUT2D eigenvalue weighted by Crippen LogP contribution is -2.12. The van der Waals surface area contributed by atoms with Gasteiger partial charge in [0.1, 0.15) is 11.9 Å². The number of aliphatic hydroxyl groups is 1. The highest BCUT2D eigenvalue weighted by atomic mass is 35.5. The molecule has 4 heteroatoms. The van der Waals surface area contributed by atoms with Crippen molar-refractivity contribution in [2.75, 3.05) is 6.61 Å². The van der Waals surface area contributed by atoms with Crippen molar-refractivity contribution in [2.24, 2.45) is 0 Å². The number of aryl methyl sites for hydroxylation is 2. The molecule has 1 aromatic carbocycles. The van der Waals surface area contributed by atoms with Gasteiger partial charge in [-0.2, -0.15) is 0 Å². The minimum Gasteiger partial charge on any atom is -0.493 e. The maximum absolute atomic E-state index is 10.6. The molecule has 1 aliphatic rings. The van der Waals surface area contributed by atoms with Crippen LogP contribution in [-0.2, 0) is 6.42 Å². The van der Waals surface area contributed by atoms with Crippen LogP contribution in [0.5, 0.6) is 5.75 Å². The fourth-order valence-electron chi connectivity index (χ4n) is 2.41. The average Bonchev–Trinajstić information content (AvgIpc) is 2.78. The van der Waals surface area contributed by atoms with E-state index in [2.05, 4.69) is 6.07 Å². The summed E-state index contributed by atoms with van der Waals surface area (Å²) < 4.78 is 5.75. The van der Waals surface area contributed by atoms with Crippen molar-refractivity contribution in [1.82, 2.24) is 0 Å². The molecule has 0 bridgehead atoms. The maximum Gasteiger partial charge on any atom is 0.128 e. The largest absolute Gasteiger partial charge is 0.493 e. The Morgan fingerprint density at radius 2 is 2.26 bits per heavy atom. The number of benzene rings is 1. The van der Waals surface area contributed by atoms with Gasteiger partial charge in [0.25, 0.3) is 0 Å². The van der Waals surface area contributed by atoms with Gasteiger partial charge in [0, 0.05) is 5.56 Å². The molecule has 0 spiro atoms. The van der Waals surface area contributed by atoms with E-state index in [1.807, 2.05) is 24.4 Å². The Balaban J connectivity index is 2.05. The van der Waals surface area contributed by atoms with Crippen LogP contribution >= 0.6 is 22.9 Å². The summed E-state index contributed by atoms with van der Waals surface area (Å²) in [6, 6.07) is 5.95. The normalized spacial score (nSPS) is 15.7. The zero-order valence-corrected chi connectivity index (χ0v) is 12.2. The Bertz CT molecular complexity index is 606. The number of aliphatic hydroxyl groups excluding tert-OH is 1. The van der Waals surface area contributed by atoms with Crippen molar-refractivity contribution in [3.8, 4) is 5.75 Å². The van der Waals surface area contributed by atoms with Crippen molar-refractivity contribution in [2.45, 2.75) is 25.9 Å². The first-order valence-corrected chi connectivity index (χ1v) is 7.60. The molecule has 2 aromatic rings. The van der Waals surface area contributed by atoms with Gasteiger partial charge in [-0.05, 0) is 36.3 Å². The van der Waals surface area contributed by atoms with Crippen LogP contribution in [0.15, 0.2) is 23.6 Å². The van der Waals surface area contributed by atoms with Crippen LogP contribution < -0.4 is 4.74 Å². The number of para-hydroxylation sites is 1. The number of hydrogen-bond acceptors (Lipinski definition) is 3. The van der Waals surface area contributed by atoms with E-state index in [1.54, 1.807) is 0 Å². The standard InChI is InChI=1S/C15H15ClO2S/c1-9-8-19-15(12(9)16)13(17)11-6-2-4-10-5-3-7-18-14(10)11/h2,4,6,8,13,17H,3,5,7H2,1H3. The summed E-state index contributed by atoms with van der Waals surface area (Å²) in [5, 5.41) is 13.2. The van der Waals surface area contributed by atoms with Crippen molar-refractivity contribution in [1.29, 1.82) is 0 Å². The average molecular weight is 295 g/mol. The summed E-state index contributed by atoms with van der Waals surface area (Å²) in [5.74, 6) is 0.836. The fraction of sp³-hybridized carbons (Fsp3) is 0.333. The van der Waals surface area contributed by atoms with Crippen molar-refractivity contribution in [3.05, 3.63) is 50.2 Å². The van der Waals surface area contributed by atoms with Gasteiger partial charge in [-0.25, -0.2) is 0 Å². The van der Waals surface area contributed by atoms with Gasteiger partial charge in [-0.1, -0.05) is 29.8 Å². The highest BCUT2D eigenvalue weighted by molar-refractivity contribution is 7.10. The highest BCUT2D eigenvalue weighted by Crippen LogP contribution is 2.40. The molecule has 1 aliphatic heterocycles. The van der Waals surface area contributed by atoms with Gasteiger partial charge < -0.3 is 9.84 Å². The van der Waals surface area contributed by atoms with Gasteiger partial charge in [-0.3, -0.25) is 0 Å². The van der Waals surface area contributed by atoms with Crippen LogP contribution in [0, 0.1) is 6.92 Å². The van der Waals surface area contributed by atoms with Crippen LogP contribution in [0.4, 0.5) is 0 Å². The van der Waals surface area contributed by atoms with Crippen LogP contribution in [0.25, 0.3) is 0 Å². The van der Waals surface area contributed by atoms with Gasteiger partial charge >= 0.3 is 0 Å². The molecule has 1 atom stereocenters. The van der Waals surface area contributed by atoms with Crippen molar-refractivity contribution in [3.63, 3.8) is 0 Å². The Morgan fingerprint density at radius 1 is 1.42 bits per heavy atom. The first-order chi connectivity index (χ1) is 9.18. The van der Waals surface area contributed by atoms with E-state index >= 15 is 0 Å². The molecule has 1 unspecified atom stereocenters. The summed E-state index contributed by atoms with van der Waals surface area (Å²) in [5.41, 5.74) is 3.00. The molecule has 3 rings (SSSR count). The van der Waals surface area contributed by atoms with E-state index in [0.717, 1.165) is 34.6 Å². The number of fused-ring (bicyclic) bond motifs is 1. The molecule has 0 saturated heterocycles. The summed E-state index contributed by atoms with van der Waals surface area (Å²) in [4.78, 5) is 0.793. The smallest absolute Gasteiger partial charge is 0.128 e. The number of halogens is 1. The third-order valence-electron chi connectivity index (χ3n) is 3.43. The van der Waals surface area contributed by atoms with Crippen LogP contribution in [0.3, 0.4) is 0 Å². The minimum absolute atomic E-state index is 0.658. The van der Waals surface area contributed by atoms with Crippen LogP contribution in [0.2, 0.25) is 5.02 Å². The first-order valence-electron chi connectivity index (χ1n) is 6.34. The number of rotatable bonds is 2. The lowest BCUT2D eigenvalue weighted by molar-refractivity contribution is 0.210. The molecule has 1 N–H and O–H groups in total. The summed E-state index contributed by atoms with van der Waals surface area (Å²) >= 11 is 7.74. The molecule has 19 heavy (non-hydrogen) atoms. The zero-order valence-electron chi connectivity index (χ0n) is 10.6. The highest BCUT2D eigenvalue weighted by Gasteiger charge is 2.23. The molecule has 0 saturated carbocycles. The van der Waals surface area contributed by atoms with E-state index in [0.29, 0.717) is 11.6 Å². The second-order valence-electron chi connectivity index (χ2n) is 4.79. The zero-order chi connectivity index (χ0) is 13.4. The lowest BCUT2D eigenvalue weighted by Gasteiger charge is -2.22. The molecule has 0 fully saturated rings. The molecule has 100 valence electrons. The van der Waals surface area contributed by atoms with E-state index in [-0.39, 0.29) is 0 Å². The molecule has 0 aliphatic carbocycles. The number of thiophene rings is 1. The Kier molecular flexibility index (Phi) is 3.52. The second-order valence-corrected chi connectivity index (χ2v) is 6.08. The van der Waals surface area contributed by atoms with E-state index in [1.165, 1.54) is 16.9 Å². The Labute approximate surface area is 121 Å². The third-order valence-corrected chi connectivity index (χ3v) is 5.20. The Hall–Kier alpha value is -1.03. The van der Waals surface area contributed by atoms with Crippen LogP contribution in [-0.4, -0.2) is 11.7 Å². The molecule has 0 amide bonds. The summed E-state index contributed by atoms with van der Waals surface area (Å²) in [6.45, 7) is 2.67. The monoisotopic (exact) mass is 294 g/mol. The molecule has 2 nitrogen and oxygen atoms in total. The maximum atomic E-state index is 10.6. The molecule has 0 radical (unpaired) electrons. The minimum atomic E-state index is -0.709. The first kappa shape index (κ1) is 13.0. The van der Waals surface area contributed by atoms with Gasteiger partial charge in [0.2, 0.25) is 0 Å². The Morgan fingerprint density at radius 3 is 3.00 bits per heavy atom. The molecular weight excluding hydrogens is 280 g/mol. The number of hydrogen-bond donors (Lipinski definition) is 1. The molecule has 2 heterocycles. The topological polar surface area (TPSA) is 29.5 Å². The van der Waals surface area contributed by atoms with Crippen LogP contribution in [0.1, 0.15) is 34.1 Å². The van der Waals surface area contributed by atoms with Gasteiger partial charge in [0.15, 0.2) is 0 Å². The summed E-state index contributed by atoms with van der Waals surface area (Å²) in [7, 11) is 0.